The van der Waals surface area contributed by atoms with E-state index in [1.165, 1.54) is 10.7 Å². The van der Waals surface area contributed by atoms with Gasteiger partial charge in [0, 0.05) is 6.54 Å². The molecule has 3 fully saturated rings. The Labute approximate surface area is 157 Å². The molecule has 26 heavy (non-hydrogen) atoms. The highest BCUT2D eigenvalue weighted by Crippen LogP contribution is 2.55. The summed E-state index contributed by atoms with van der Waals surface area (Å²) in [4.78, 5) is 11.1. The first-order valence-electron chi connectivity index (χ1n) is 10.0. The second-order valence-corrected chi connectivity index (χ2v) is 11.0. The Morgan fingerprint density at radius 3 is 2.35 bits per heavy atom. The van der Waals surface area contributed by atoms with Crippen molar-refractivity contribution in [1.82, 2.24) is 9.03 Å². The molecule has 2 N–H and O–H groups in total. The summed E-state index contributed by atoms with van der Waals surface area (Å²) in [5, 5.41) is 10.7. The molecule has 7 heteroatoms. The first-order valence-corrected chi connectivity index (χ1v) is 11.5. The first kappa shape index (κ1) is 20.2. The highest BCUT2D eigenvalue weighted by Gasteiger charge is 2.51. The predicted molar refractivity (Wildman–Crippen MR) is 101 cm³/mol. The summed E-state index contributed by atoms with van der Waals surface area (Å²) in [6.07, 6.45) is 4.76. The number of aliphatic hydroxyl groups is 1. The fourth-order valence-electron chi connectivity index (χ4n) is 5.96. The van der Waals surface area contributed by atoms with Crippen LogP contribution in [0.2, 0.25) is 0 Å². The summed E-state index contributed by atoms with van der Waals surface area (Å²) in [5.41, 5.74) is 0.293. The maximum absolute atomic E-state index is 12.4. The Bertz CT molecular complexity index is 625. The first-order chi connectivity index (χ1) is 12.1. The number of aldehydes is 1. The third-order valence-electron chi connectivity index (χ3n) is 7.64. The average molecular weight is 387 g/mol. The highest BCUT2D eigenvalue weighted by molar-refractivity contribution is 7.87. The minimum absolute atomic E-state index is 0.129. The van der Waals surface area contributed by atoms with E-state index in [1.807, 2.05) is 0 Å². The van der Waals surface area contributed by atoms with Crippen LogP contribution in [0.4, 0.5) is 0 Å². The van der Waals surface area contributed by atoms with E-state index in [0.717, 1.165) is 12.8 Å². The summed E-state index contributed by atoms with van der Waals surface area (Å²) >= 11 is 0. The Balaban J connectivity index is 1.81. The van der Waals surface area contributed by atoms with Crippen molar-refractivity contribution in [2.24, 2.45) is 29.1 Å². The molecule has 0 bridgehead atoms. The van der Waals surface area contributed by atoms with Crippen molar-refractivity contribution in [3.05, 3.63) is 0 Å². The fraction of sp³-hybridized carbons (Fsp3) is 0.947. The minimum Gasteiger partial charge on any atom is -0.391 e. The zero-order chi connectivity index (χ0) is 19.3. The van der Waals surface area contributed by atoms with E-state index in [9.17, 15) is 18.3 Å². The molecular formula is C19H34N2O4S. The molecule has 6 nitrogen and oxygen atoms in total. The van der Waals surface area contributed by atoms with Gasteiger partial charge < -0.3 is 9.90 Å². The maximum atomic E-state index is 12.4. The molecule has 0 radical (unpaired) electrons. The van der Waals surface area contributed by atoms with Crippen LogP contribution in [0.5, 0.6) is 0 Å². The van der Waals surface area contributed by atoms with Crippen LogP contribution in [-0.4, -0.2) is 48.8 Å². The zero-order valence-corrected chi connectivity index (χ0v) is 17.2. The van der Waals surface area contributed by atoms with Crippen molar-refractivity contribution in [3.63, 3.8) is 0 Å². The lowest BCUT2D eigenvalue weighted by molar-refractivity contribution is -0.109. The second kappa shape index (κ2) is 7.15. The number of carbonyl (C=O) groups is 1. The Hall–Kier alpha value is -0.500. The molecular weight excluding hydrogens is 352 g/mol. The molecule has 5 atom stereocenters. The van der Waals surface area contributed by atoms with E-state index in [0.29, 0.717) is 48.2 Å². The largest absolute Gasteiger partial charge is 0.391 e. The van der Waals surface area contributed by atoms with Crippen LogP contribution in [0.25, 0.3) is 0 Å². The molecule has 150 valence electrons. The smallest absolute Gasteiger partial charge is 0.280 e. The van der Waals surface area contributed by atoms with Gasteiger partial charge in [-0.1, -0.05) is 27.7 Å². The van der Waals surface area contributed by atoms with Gasteiger partial charge >= 0.3 is 0 Å². The summed E-state index contributed by atoms with van der Waals surface area (Å²) in [7, 11) is -3.69. The van der Waals surface area contributed by atoms with Crippen LogP contribution >= 0.6 is 0 Å². The van der Waals surface area contributed by atoms with Crippen molar-refractivity contribution in [1.29, 1.82) is 0 Å². The minimum atomic E-state index is -3.69. The number of aliphatic hydroxyl groups excluding tert-OH is 1. The molecule has 0 aromatic rings. The molecule has 0 aromatic heterocycles. The zero-order valence-electron chi connectivity index (χ0n) is 16.4. The van der Waals surface area contributed by atoms with Gasteiger partial charge in [-0.3, -0.25) is 0 Å². The second-order valence-electron chi connectivity index (χ2n) is 9.35. The molecule has 0 amide bonds. The van der Waals surface area contributed by atoms with Gasteiger partial charge in [-0.05, 0) is 61.2 Å². The Morgan fingerprint density at radius 1 is 1.15 bits per heavy atom. The molecule has 3 rings (SSSR count). The molecule has 1 saturated heterocycles. The topological polar surface area (TPSA) is 86.7 Å². The van der Waals surface area contributed by atoms with E-state index in [2.05, 4.69) is 32.4 Å². The number of hydrogen-bond donors (Lipinski definition) is 2. The number of carbonyl (C=O) groups excluding carboxylic acids is 1. The third-order valence-corrected chi connectivity index (χ3v) is 9.28. The van der Waals surface area contributed by atoms with E-state index < -0.39 is 28.4 Å². The SMILES string of the molecule is CC(C)C1(C(C)C)CCC2CC(O)C(N3CC(C=O)NS3(=O)=O)CC2C1. The van der Waals surface area contributed by atoms with Crippen LogP contribution in [0.3, 0.4) is 0 Å². The van der Waals surface area contributed by atoms with E-state index in [1.54, 1.807) is 0 Å². The Kier molecular flexibility index (Phi) is 5.57. The van der Waals surface area contributed by atoms with Gasteiger partial charge in [-0.2, -0.15) is 17.4 Å². The standard InChI is InChI=1S/C19H34N2O4S/c1-12(2)19(13(3)4)6-5-14-8-18(23)17(7-15(14)9-19)21-10-16(11-22)20-26(21,24)25/h11-18,20,23H,5-10H2,1-4H3. The van der Waals surface area contributed by atoms with Gasteiger partial charge in [-0.25, -0.2) is 0 Å². The van der Waals surface area contributed by atoms with Crippen molar-refractivity contribution >= 4 is 16.5 Å². The lowest BCUT2D eigenvalue weighted by Crippen LogP contribution is -2.53. The van der Waals surface area contributed by atoms with E-state index in [-0.39, 0.29) is 6.54 Å². The molecule has 2 aliphatic carbocycles. The third kappa shape index (κ3) is 3.36. The van der Waals surface area contributed by atoms with Gasteiger partial charge in [0.05, 0.1) is 18.2 Å². The van der Waals surface area contributed by atoms with Gasteiger partial charge in [-0.15, -0.1) is 0 Å². The number of nitrogens with one attached hydrogen (secondary N) is 1. The van der Waals surface area contributed by atoms with Gasteiger partial charge in [0.15, 0.2) is 0 Å². The normalized spacial score (nSPS) is 39.9. The average Bonchev–Trinajstić information content (AvgIpc) is 2.88. The van der Waals surface area contributed by atoms with Crippen LogP contribution in [0.1, 0.15) is 59.8 Å². The van der Waals surface area contributed by atoms with Crippen molar-refractivity contribution in [2.45, 2.75) is 78.0 Å². The summed E-state index contributed by atoms with van der Waals surface area (Å²) in [5.74, 6) is 2.09. The lowest BCUT2D eigenvalue weighted by Gasteiger charge is -2.53. The van der Waals surface area contributed by atoms with Crippen molar-refractivity contribution in [2.75, 3.05) is 6.54 Å². The van der Waals surface area contributed by atoms with Gasteiger partial charge in [0.25, 0.3) is 10.2 Å². The number of rotatable bonds is 4. The summed E-state index contributed by atoms with van der Waals surface area (Å²) in [6, 6.07) is -1.13. The van der Waals surface area contributed by atoms with Crippen LogP contribution in [-0.2, 0) is 15.0 Å². The Morgan fingerprint density at radius 2 is 1.81 bits per heavy atom. The molecule has 2 saturated carbocycles. The highest BCUT2D eigenvalue weighted by atomic mass is 32.2. The molecule has 0 aromatic carbocycles. The van der Waals surface area contributed by atoms with Crippen LogP contribution in [0.15, 0.2) is 0 Å². The molecule has 0 spiro atoms. The molecule has 1 heterocycles. The van der Waals surface area contributed by atoms with Gasteiger partial charge in [0.1, 0.15) is 6.29 Å². The monoisotopic (exact) mass is 386 g/mol. The number of hydrogen-bond acceptors (Lipinski definition) is 4. The van der Waals surface area contributed by atoms with Crippen molar-refractivity contribution < 1.29 is 18.3 Å². The van der Waals surface area contributed by atoms with Crippen LogP contribution < -0.4 is 4.72 Å². The number of nitrogens with zero attached hydrogens (tertiary/aromatic N) is 1. The predicted octanol–water partition coefficient (Wildman–Crippen LogP) is 1.94. The summed E-state index contributed by atoms with van der Waals surface area (Å²) in [6.45, 7) is 9.35. The maximum Gasteiger partial charge on any atom is 0.280 e. The molecule has 3 aliphatic rings. The lowest BCUT2D eigenvalue weighted by atomic mass is 9.53. The molecule has 1 aliphatic heterocycles. The summed E-state index contributed by atoms with van der Waals surface area (Å²) < 4.78 is 28.6. The number of fused-ring (bicyclic) bond motifs is 1. The van der Waals surface area contributed by atoms with E-state index in [4.69, 9.17) is 0 Å². The van der Waals surface area contributed by atoms with Gasteiger partial charge in [0.2, 0.25) is 0 Å². The quantitative estimate of drug-likeness (QED) is 0.723. The van der Waals surface area contributed by atoms with Crippen LogP contribution in [0, 0.1) is 29.1 Å². The van der Waals surface area contributed by atoms with Crippen molar-refractivity contribution in [3.8, 4) is 0 Å². The van der Waals surface area contributed by atoms with E-state index >= 15 is 0 Å². The molecule has 5 unspecified atom stereocenters. The fourth-order valence-corrected chi connectivity index (χ4v) is 7.55.